The van der Waals surface area contributed by atoms with Crippen molar-refractivity contribution in [3.63, 3.8) is 0 Å². The fourth-order valence-corrected chi connectivity index (χ4v) is 2.36. The Balaban J connectivity index is 2.16. The lowest BCUT2D eigenvalue weighted by molar-refractivity contribution is -0.125. The number of carbonyl (C=O) groups is 2. The molecule has 1 aromatic heterocycles. The number of pyridine rings is 1. The molecule has 6 heteroatoms. The Morgan fingerprint density at radius 1 is 1.45 bits per heavy atom. The summed E-state index contributed by atoms with van der Waals surface area (Å²) < 4.78 is 0. The highest BCUT2D eigenvalue weighted by atomic mass is 16.2. The van der Waals surface area contributed by atoms with Gasteiger partial charge in [0.2, 0.25) is 5.91 Å². The van der Waals surface area contributed by atoms with Gasteiger partial charge in [-0.05, 0) is 32.4 Å². The Hall–Kier alpha value is -1.95. The predicted octanol–water partition coefficient (Wildman–Crippen LogP) is 0.148. The molecule has 0 unspecified atom stereocenters. The van der Waals surface area contributed by atoms with Crippen molar-refractivity contribution in [1.29, 1.82) is 0 Å². The summed E-state index contributed by atoms with van der Waals surface area (Å²) in [5, 5.41) is 2.83. The van der Waals surface area contributed by atoms with E-state index in [1.807, 2.05) is 13.8 Å². The molecule has 2 rings (SSSR count). The first-order chi connectivity index (χ1) is 9.49. The van der Waals surface area contributed by atoms with Crippen LogP contribution in [0.1, 0.15) is 30.8 Å². The lowest BCUT2D eigenvalue weighted by Gasteiger charge is -2.24. The summed E-state index contributed by atoms with van der Waals surface area (Å²) >= 11 is 0. The van der Waals surface area contributed by atoms with Crippen LogP contribution in [0, 0.1) is 0 Å². The molecule has 2 atom stereocenters. The summed E-state index contributed by atoms with van der Waals surface area (Å²) in [6.45, 7) is 4.15. The van der Waals surface area contributed by atoms with Crippen LogP contribution in [0.2, 0.25) is 0 Å². The number of aromatic nitrogens is 1. The van der Waals surface area contributed by atoms with Crippen LogP contribution in [0.5, 0.6) is 0 Å². The fourth-order valence-electron chi connectivity index (χ4n) is 2.36. The Bertz CT molecular complexity index is 489. The van der Waals surface area contributed by atoms with Crippen LogP contribution in [-0.4, -0.2) is 46.4 Å². The zero-order valence-electron chi connectivity index (χ0n) is 11.7. The number of rotatable bonds is 3. The number of nitrogens with two attached hydrogens (primary N) is 1. The number of hydrogen-bond acceptors (Lipinski definition) is 4. The summed E-state index contributed by atoms with van der Waals surface area (Å²) in [4.78, 5) is 30.1. The molecule has 6 nitrogen and oxygen atoms in total. The minimum atomic E-state index is -0.512. The van der Waals surface area contributed by atoms with Gasteiger partial charge in [0.1, 0.15) is 11.7 Å². The molecule has 2 amide bonds. The van der Waals surface area contributed by atoms with E-state index >= 15 is 0 Å². The molecule has 1 aromatic rings. The van der Waals surface area contributed by atoms with Gasteiger partial charge in [-0.3, -0.25) is 14.6 Å². The highest BCUT2D eigenvalue weighted by Crippen LogP contribution is 2.19. The van der Waals surface area contributed by atoms with E-state index in [0.717, 1.165) is 0 Å². The van der Waals surface area contributed by atoms with Crippen molar-refractivity contribution < 1.29 is 9.59 Å². The molecule has 0 saturated carbocycles. The van der Waals surface area contributed by atoms with Crippen molar-refractivity contribution in [3.05, 3.63) is 30.1 Å². The lowest BCUT2D eigenvalue weighted by atomic mass is 10.1. The maximum absolute atomic E-state index is 12.4. The molecule has 20 heavy (non-hydrogen) atoms. The summed E-state index contributed by atoms with van der Waals surface area (Å²) in [5.74, 6) is -0.403. The van der Waals surface area contributed by atoms with Gasteiger partial charge in [-0.1, -0.05) is 6.07 Å². The second kappa shape index (κ2) is 6.00. The molecule has 0 spiro atoms. The van der Waals surface area contributed by atoms with E-state index in [2.05, 4.69) is 10.3 Å². The molecular weight excluding hydrogens is 256 g/mol. The van der Waals surface area contributed by atoms with Gasteiger partial charge in [-0.25, -0.2) is 0 Å². The van der Waals surface area contributed by atoms with Crippen LogP contribution in [0.25, 0.3) is 0 Å². The maximum Gasteiger partial charge on any atom is 0.273 e. The minimum Gasteiger partial charge on any atom is -0.352 e. The molecule has 1 aliphatic heterocycles. The van der Waals surface area contributed by atoms with Gasteiger partial charge in [0.05, 0.1) is 0 Å². The van der Waals surface area contributed by atoms with Gasteiger partial charge >= 0.3 is 0 Å². The number of nitrogens with one attached hydrogen (secondary N) is 1. The van der Waals surface area contributed by atoms with Crippen LogP contribution >= 0.6 is 0 Å². The van der Waals surface area contributed by atoms with E-state index in [4.69, 9.17) is 5.73 Å². The van der Waals surface area contributed by atoms with Crippen LogP contribution in [0.4, 0.5) is 0 Å². The third-order valence-electron chi connectivity index (χ3n) is 3.21. The Kier molecular flexibility index (Phi) is 4.34. The first-order valence-corrected chi connectivity index (χ1v) is 6.77. The molecule has 0 radical (unpaired) electrons. The molecule has 108 valence electrons. The molecular formula is C14H20N4O2. The van der Waals surface area contributed by atoms with Crippen LogP contribution in [0.15, 0.2) is 24.4 Å². The number of carbonyl (C=O) groups excluding carboxylic acids is 2. The summed E-state index contributed by atoms with van der Waals surface area (Å²) in [5.41, 5.74) is 6.24. The third kappa shape index (κ3) is 3.14. The van der Waals surface area contributed by atoms with E-state index in [0.29, 0.717) is 18.7 Å². The van der Waals surface area contributed by atoms with Gasteiger partial charge in [0, 0.05) is 24.8 Å². The zero-order chi connectivity index (χ0) is 14.7. The SMILES string of the molecule is CC(C)NC(=O)[C@@H]1C[C@@H](N)CN1C(=O)c1ccccn1. The molecule has 1 saturated heterocycles. The predicted molar refractivity (Wildman–Crippen MR) is 74.9 cm³/mol. The van der Waals surface area contributed by atoms with E-state index in [1.165, 1.54) is 4.90 Å². The van der Waals surface area contributed by atoms with E-state index < -0.39 is 6.04 Å². The molecule has 1 aliphatic rings. The highest BCUT2D eigenvalue weighted by molar-refractivity contribution is 5.96. The number of hydrogen-bond donors (Lipinski definition) is 2. The monoisotopic (exact) mass is 276 g/mol. The smallest absolute Gasteiger partial charge is 0.273 e. The number of nitrogens with zero attached hydrogens (tertiary/aromatic N) is 2. The Labute approximate surface area is 118 Å². The second-order valence-electron chi connectivity index (χ2n) is 5.35. The average Bonchev–Trinajstić information content (AvgIpc) is 2.80. The first kappa shape index (κ1) is 14.5. The van der Waals surface area contributed by atoms with Crippen LogP contribution in [-0.2, 0) is 4.79 Å². The van der Waals surface area contributed by atoms with Crippen molar-refractivity contribution in [1.82, 2.24) is 15.2 Å². The maximum atomic E-state index is 12.4. The van der Waals surface area contributed by atoms with Crippen molar-refractivity contribution in [2.45, 2.75) is 38.4 Å². The molecule has 0 aromatic carbocycles. The zero-order valence-corrected chi connectivity index (χ0v) is 11.7. The van der Waals surface area contributed by atoms with Gasteiger partial charge in [-0.15, -0.1) is 0 Å². The van der Waals surface area contributed by atoms with E-state index in [9.17, 15) is 9.59 Å². The van der Waals surface area contributed by atoms with Gasteiger partial charge in [0.25, 0.3) is 5.91 Å². The van der Waals surface area contributed by atoms with Crippen molar-refractivity contribution in [3.8, 4) is 0 Å². The van der Waals surface area contributed by atoms with Gasteiger partial charge in [0.15, 0.2) is 0 Å². The van der Waals surface area contributed by atoms with Crippen LogP contribution < -0.4 is 11.1 Å². The largest absolute Gasteiger partial charge is 0.352 e. The normalized spacial score (nSPS) is 22.1. The summed E-state index contributed by atoms with van der Waals surface area (Å²) in [6, 6.07) is 4.48. The number of likely N-dealkylation sites (tertiary alicyclic amines) is 1. The third-order valence-corrected chi connectivity index (χ3v) is 3.21. The highest BCUT2D eigenvalue weighted by Gasteiger charge is 2.38. The molecule has 3 N–H and O–H groups in total. The van der Waals surface area contributed by atoms with Gasteiger partial charge in [-0.2, -0.15) is 0 Å². The molecule has 1 fully saturated rings. The minimum absolute atomic E-state index is 0.0335. The average molecular weight is 276 g/mol. The van der Waals surface area contributed by atoms with Crippen molar-refractivity contribution >= 4 is 11.8 Å². The van der Waals surface area contributed by atoms with E-state index in [1.54, 1.807) is 24.4 Å². The van der Waals surface area contributed by atoms with Crippen LogP contribution in [0.3, 0.4) is 0 Å². The summed E-state index contributed by atoms with van der Waals surface area (Å²) in [7, 11) is 0. The molecule has 2 heterocycles. The van der Waals surface area contributed by atoms with Crippen molar-refractivity contribution in [2.75, 3.05) is 6.54 Å². The van der Waals surface area contributed by atoms with Crippen molar-refractivity contribution in [2.24, 2.45) is 5.73 Å². The van der Waals surface area contributed by atoms with Gasteiger partial charge < -0.3 is 16.0 Å². The lowest BCUT2D eigenvalue weighted by Crippen LogP contribution is -2.47. The Morgan fingerprint density at radius 2 is 2.20 bits per heavy atom. The standard InChI is InChI=1S/C14H20N4O2/c1-9(2)17-13(19)12-7-10(15)8-18(12)14(20)11-5-3-4-6-16-11/h3-6,9-10,12H,7-8,15H2,1-2H3,(H,17,19)/t10-,12+/m1/s1. The topological polar surface area (TPSA) is 88.3 Å². The Morgan fingerprint density at radius 3 is 2.80 bits per heavy atom. The van der Waals surface area contributed by atoms with E-state index in [-0.39, 0.29) is 23.9 Å². The first-order valence-electron chi connectivity index (χ1n) is 6.77. The second-order valence-corrected chi connectivity index (χ2v) is 5.35. The quantitative estimate of drug-likeness (QED) is 0.822. The number of amides is 2. The molecule has 0 aliphatic carbocycles. The fraction of sp³-hybridized carbons (Fsp3) is 0.500. The summed E-state index contributed by atoms with van der Waals surface area (Å²) in [6.07, 6.45) is 2.05. The molecule has 0 bridgehead atoms.